The Bertz CT molecular complexity index is 569. The highest BCUT2D eigenvalue weighted by Gasteiger charge is 2.26. The minimum atomic E-state index is -0.624. The van der Waals surface area contributed by atoms with E-state index in [0.29, 0.717) is 30.4 Å². The van der Waals surface area contributed by atoms with Gasteiger partial charge in [-0.2, -0.15) is 0 Å². The molecule has 2 N–H and O–H groups in total. The lowest BCUT2D eigenvalue weighted by Gasteiger charge is -2.30. The molecule has 2 rings (SSSR count). The maximum Gasteiger partial charge on any atom is 0.313 e. The molecule has 0 aromatic heterocycles. The van der Waals surface area contributed by atoms with Gasteiger partial charge < -0.3 is 15.5 Å². The Labute approximate surface area is 129 Å². The molecule has 1 fully saturated rings. The Morgan fingerprint density at radius 2 is 1.68 bits per heavy atom. The van der Waals surface area contributed by atoms with Crippen molar-refractivity contribution in [2.75, 3.05) is 23.7 Å². The first-order chi connectivity index (χ1) is 10.5. The number of amides is 3. The summed E-state index contributed by atoms with van der Waals surface area (Å²) in [6.45, 7) is 4.78. The second-order valence-corrected chi connectivity index (χ2v) is 5.71. The van der Waals surface area contributed by atoms with E-state index in [1.807, 2.05) is 0 Å². The molecule has 1 aromatic carbocycles. The molecule has 6 nitrogen and oxygen atoms in total. The third kappa shape index (κ3) is 4.31. The van der Waals surface area contributed by atoms with Crippen molar-refractivity contribution in [1.29, 1.82) is 0 Å². The topological polar surface area (TPSA) is 78.5 Å². The van der Waals surface area contributed by atoms with Crippen LogP contribution in [-0.4, -0.2) is 35.7 Å². The summed E-state index contributed by atoms with van der Waals surface area (Å²) in [5.74, 6) is -0.840. The van der Waals surface area contributed by atoms with Gasteiger partial charge in [0.2, 0.25) is 5.91 Å². The van der Waals surface area contributed by atoms with Gasteiger partial charge in [-0.15, -0.1) is 0 Å². The lowest BCUT2D eigenvalue weighted by Crippen LogP contribution is -2.44. The van der Waals surface area contributed by atoms with Gasteiger partial charge in [-0.25, -0.2) is 0 Å². The number of carbonyl (C=O) groups excluding carboxylic acids is 3. The molecule has 6 heteroatoms. The van der Waals surface area contributed by atoms with E-state index in [9.17, 15) is 14.4 Å². The Morgan fingerprint density at radius 3 is 2.23 bits per heavy atom. The quantitative estimate of drug-likeness (QED) is 0.818. The predicted molar refractivity (Wildman–Crippen MR) is 84.4 cm³/mol. The minimum absolute atomic E-state index is 0.161. The molecule has 1 heterocycles. The smallest absolute Gasteiger partial charge is 0.313 e. The third-order valence-electron chi connectivity index (χ3n) is 3.60. The zero-order valence-corrected chi connectivity index (χ0v) is 12.9. The highest BCUT2D eigenvalue weighted by molar-refractivity contribution is 6.39. The maximum atomic E-state index is 12.1. The Kier molecular flexibility index (Phi) is 5.14. The van der Waals surface area contributed by atoms with Crippen LogP contribution < -0.4 is 10.6 Å². The number of nitrogens with one attached hydrogen (secondary N) is 2. The van der Waals surface area contributed by atoms with Crippen molar-refractivity contribution in [2.45, 2.75) is 26.7 Å². The first-order valence-electron chi connectivity index (χ1n) is 7.43. The van der Waals surface area contributed by atoms with Crippen LogP contribution in [0.25, 0.3) is 0 Å². The summed E-state index contributed by atoms with van der Waals surface area (Å²) in [6.07, 6.45) is 2.03. The molecule has 1 unspecified atom stereocenters. The maximum absolute atomic E-state index is 12.1. The highest BCUT2D eigenvalue weighted by atomic mass is 16.2. The molecule has 3 amide bonds. The summed E-state index contributed by atoms with van der Waals surface area (Å²) in [5, 5.41) is 5.23. The normalized spacial score (nSPS) is 17.7. The number of likely N-dealkylation sites (tertiary alicyclic amines) is 1. The second kappa shape index (κ2) is 7.06. The van der Waals surface area contributed by atoms with Crippen LogP contribution in [0.1, 0.15) is 26.7 Å². The largest absolute Gasteiger partial charge is 0.334 e. The average Bonchev–Trinajstić information content (AvgIpc) is 2.48. The van der Waals surface area contributed by atoms with E-state index < -0.39 is 11.8 Å². The molecule has 0 radical (unpaired) electrons. The number of piperidine rings is 1. The summed E-state index contributed by atoms with van der Waals surface area (Å²) >= 11 is 0. The van der Waals surface area contributed by atoms with E-state index in [1.54, 1.807) is 29.2 Å². The van der Waals surface area contributed by atoms with Gasteiger partial charge in [0.05, 0.1) is 0 Å². The molecule has 1 aliphatic rings. The van der Waals surface area contributed by atoms with Gasteiger partial charge in [0.15, 0.2) is 0 Å². The molecule has 1 saturated heterocycles. The molecule has 0 saturated carbocycles. The summed E-state index contributed by atoms with van der Waals surface area (Å²) in [6, 6.07) is 6.64. The number of anilines is 2. The van der Waals surface area contributed by atoms with Crippen LogP contribution >= 0.6 is 0 Å². The van der Waals surface area contributed by atoms with Crippen molar-refractivity contribution in [3.8, 4) is 0 Å². The van der Waals surface area contributed by atoms with Gasteiger partial charge in [-0.05, 0) is 43.0 Å². The van der Waals surface area contributed by atoms with Crippen molar-refractivity contribution >= 4 is 29.1 Å². The molecule has 1 aromatic rings. The van der Waals surface area contributed by atoms with Crippen molar-refractivity contribution < 1.29 is 14.4 Å². The van der Waals surface area contributed by atoms with Crippen LogP contribution in [-0.2, 0) is 14.4 Å². The number of benzene rings is 1. The van der Waals surface area contributed by atoms with E-state index in [1.165, 1.54) is 6.92 Å². The van der Waals surface area contributed by atoms with Crippen LogP contribution in [0.2, 0.25) is 0 Å². The number of nitrogens with zero attached hydrogens (tertiary/aromatic N) is 1. The van der Waals surface area contributed by atoms with E-state index in [0.717, 1.165) is 12.8 Å². The summed E-state index contributed by atoms with van der Waals surface area (Å²) in [7, 11) is 0. The van der Waals surface area contributed by atoms with E-state index in [-0.39, 0.29) is 5.91 Å². The molecular weight excluding hydrogens is 282 g/mol. The fraction of sp³-hybridized carbons (Fsp3) is 0.438. The van der Waals surface area contributed by atoms with Gasteiger partial charge in [-0.3, -0.25) is 14.4 Å². The fourth-order valence-corrected chi connectivity index (χ4v) is 2.54. The Morgan fingerprint density at radius 1 is 1.09 bits per heavy atom. The molecule has 0 bridgehead atoms. The molecular formula is C16H21N3O3. The lowest BCUT2D eigenvalue weighted by atomic mass is 10.0. The Balaban J connectivity index is 1.93. The van der Waals surface area contributed by atoms with Gasteiger partial charge in [0.1, 0.15) is 0 Å². The summed E-state index contributed by atoms with van der Waals surface area (Å²) in [5.41, 5.74) is 1.17. The highest BCUT2D eigenvalue weighted by Crippen LogP contribution is 2.17. The monoisotopic (exact) mass is 303 g/mol. The molecule has 1 atom stereocenters. The SMILES string of the molecule is CC(=O)Nc1ccc(NC(=O)C(=O)N2CCCC(C)C2)cc1. The third-order valence-corrected chi connectivity index (χ3v) is 3.60. The first kappa shape index (κ1) is 16.0. The number of rotatable bonds is 2. The Hall–Kier alpha value is -2.37. The van der Waals surface area contributed by atoms with Gasteiger partial charge in [-0.1, -0.05) is 6.92 Å². The number of hydrogen-bond donors (Lipinski definition) is 2. The zero-order valence-electron chi connectivity index (χ0n) is 12.9. The van der Waals surface area contributed by atoms with Crippen LogP contribution in [0.15, 0.2) is 24.3 Å². The molecule has 1 aliphatic heterocycles. The molecule has 0 aliphatic carbocycles. The van der Waals surface area contributed by atoms with E-state index in [2.05, 4.69) is 17.6 Å². The van der Waals surface area contributed by atoms with Crippen LogP contribution in [0, 0.1) is 5.92 Å². The van der Waals surface area contributed by atoms with Crippen LogP contribution in [0.3, 0.4) is 0 Å². The van der Waals surface area contributed by atoms with E-state index >= 15 is 0 Å². The number of hydrogen-bond acceptors (Lipinski definition) is 3. The van der Waals surface area contributed by atoms with Crippen molar-refractivity contribution in [1.82, 2.24) is 4.90 Å². The van der Waals surface area contributed by atoms with Gasteiger partial charge >= 0.3 is 11.8 Å². The van der Waals surface area contributed by atoms with Crippen molar-refractivity contribution in [2.24, 2.45) is 5.92 Å². The lowest BCUT2D eigenvalue weighted by molar-refractivity contribution is -0.144. The minimum Gasteiger partial charge on any atom is -0.334 e. The molecule has 118 valence electrons. The first-order valence-corrected chi connectivity index (χ1v) is 7.43. The van der Waals surface area contributed by atoms with Crippen molar-refractivity contribution in [3.63, 3.8) is 0 Å². The predicted octanol–water partition coefficient (Wildman–Crippen LogP) is 1.84. The van der Waals surface area contributed by atoms with Gasteiger partial charge in [0, 0.05) is 31.4 Å². The summed E-state index contributed by atoms with van der Waals surface area (Å²) < 4.78 is 0. The zero-order chi connectivity index (χ0) is 16.1. The standard InChI is InChI=1S/C16H21N3O3/c1-11-4-3-9-19(10-11)16(22)15(21)18-14-7-5-13(6-8-14)17-12(2)20/h5-8,11H,3-4,9-10H2,1-2H3,(H,17,20)(H,18,21). The second-order valence-electron chi connectivity index (χ2n) is 5.71. The van der Waals surface area contributed by atoms with Crippen LogP contribution in [0.5, 0.6) is 0 Å². The fourth-order valence-electron chi connectivity index (χ4n) is 2.54. The van der Waals surface area contributed by atoms with E-state index in [4.69, 9.17) is 0 Å². The van der Waals surface area contributed by atoms with Gasteiger partial charge in [0.25, 0.3) is 0 Å². The van der Waals surface area contributed by atoms with Crippen molar-refractivity contribution in [3.05, 3.63) is 24.3 Å². The number of carbonyl (C=O) groups is 3. The molecule has 0 spiro atoms. The summed E-state index contributed by atoms with van der Waals surface area (Å²) in [4.78, 5) is 36.7. The van der Waals surface area contributed by atoms with Crippen LogP contribution in [0.4, 0.5) is 11.4 Å². The molecule has 22 heavy (non-hydrogen) atoms. The average molecular weight is 303 g/mol.